The lowest BCUT2D eigenvalue weighted by molar-refractivity contribution is 0.221. The highest BCUT2D eigenvalue weighted by Crippen LogP contribution is 2.25. The van der Waals surface area contributed by atoms with Crippen LogP contribution in [-0.4, -0.2) is 35.4 Å². The van der Waals surface area contributed by atoms with Crippen LogP contribution in [0.5, 0.6) is 5.75 Å². The van der Waals surface area contributed by atoms with E-state index in [1.54, 1.807) is 7.11 Å². The summed E-state index contributed by atoms with van der Waals surface area (Å²) in [6.45, 7) is 9.33. The molecule has 3 aromatic rings. The summed E-state index contributed by atoms with van der Waals surface area (Å²) >= 11 is 0. The fourth-order valence-corrected chi connectivity index (χ4v) is 4.09. The summed E-state index contributed by atoms with van der Waals surface area (Å²) in [4.78, 5) is 18.6. The van der Waals surface area contributed by atoms with Gasteiger partial charge in [0.05, 0.1) is 12.8 Å². The molecule has 0 aliphatic rings. The van der Waals surface area contributed by atoms with Crippen LogP contribution in [0.1, 0.15) is 57.2 Å². The van der Waals surface area contributed by atoms with Gasteiger partial charge in [0.2, 0.25) is 0 Å². The minimum atomic E-state index is -0.233. The summed E-state index contributed by atoms with van der Waals surface area (Å²) in [5.41, 5.74) is 11.3. The number of hydrogen-bond acceptors (Lipinski definition) is 5. The molecule has 7 nitrogen and oxygen atoms in total. The Hall–Kier alpha value is -3.87. The number of nitrogen functional groups attached to an aromatic ring is 1. The largest absolute Gasteiger partial charge is 0.493 e. The first-order valence-corrected chi connectivity index (χ1v) is 12.7. The molecule has 0 unspecified atom stereocenters. The van der Waals surface area contributed by atoms with Gasteiger partial charge in [-0.3, -0.25) is 10.3 Å². The van der Waals surface area contributed by atoms with Gasteiger partial charge >= 0.3 is 6.03 Å². The summed E-state index contributed by atoms with van der Waals surface area (Å²) in [5, 5.41) is 11.4. The van der Waals surface area contributed by atoms with Crippen LogP contribution in [0.3, 0.4) is 0 Å². The molecule has 0 fully saturated rings. The van der Waals surface area contributed by atoms with E-state index in [0.29, 0.717) is 36.9 Å². The highest BCUT2D eigenvalue weighted by molar-refractivity contribution is 5.95. The van der Waals surface area contributed by atoms with Crippen LogP contribution in [0.2, 0.25) is 0 Å². The number of amides is 2. The van der Waals surface area contributed by atoms with E-state index in [4.69, 9.17) is 15.9 Å². The van der Waals surface area contributed by atoms with Crippen molar-refractivity contribution in [3.05, 3.63) is 77.4 Å². The van der Waals surface area contributed by atoms with Crippen molar-refractivity contribution in [2.45, 2.75) is 58.9 Å². The SMILES string of the molecule is CCN(C(=N)CCCc1ccc(-c2ccc(OC)c(N)n2)cc1)C(=O)NCc1ccc(C(C)(C)C)cc1. The second-order valence-electron chi connectivity index (χ2n) is 10.1. The zero-order valence-electron chi connectivity index (χ0n) is 22.6. The van der Waals surface area contributed by atoms with Gasteiger partial charge in [-0.2, -0.15) is 0 Å². The maximum absolute atomic E-state index is 12.7. The second kappa shape index (κ2) is 12.4. The van der Waals surface area contributed by atoms with Gasteiger partial charge in [0.25, 0.3) is 0 Å². The summed E-state index contributed by atoms with van der Waals surface area (Å²) < 4.78 is 5.17. The number of nitrogens with one attached hydrogen (secondary N) is 2. The number of benzene rings is 2. The number of aryl methyl sites for hydroxylation is 1. The number of nitrogens with two attached hydrogens (primary N) is 1. The molecule has 196 valence electrons. The van der Waals surface area contributed by atoms with Gasteiger partial charge in [-0.1, -0.05) is 69.3 Å². The lowest BCUT2D eigenvalue weighted by Crippen LogP contribution is -2.43. The molecule has 0 aliphatic heterocycles. The number of methoxy groups -OCH3 is 1. The van der Waals surface area contributed by atoms with Crippen molar-refractivity contribution in [2.75, 3.05) is 19.4 Å². The van der Waals surface area contributed by atoms with Crippen LogP contribution in [0, 0.1) is 5.41 Å². The summed E-state index contributed by atoms with van der Waals surface area (Å²) in [7, 11) is 1.57. The Kier molecular flexibility index (Phi) is 9.28. The highest BCUT2D eigenvalue weighted by Gasteiger charge is 2.17. The summed E-state index contributed by atoms with van der Waals surface area (Å²) in [6, 6.07) is 20.0. The third-order valence-corrected chi connectivity index (χ3v) is 6.39. The Bertz CT molecular complexity index is 1200. The van der Waals surface area contributed by atoms with Crippen molar-refractivity contribution >= 4 is 17.7 Å². The maximum atomic E-state index is 12.7. The number of pyridine rings is 1. The smallest absolute Gasteiger partial charge is 0.323 e. The van der Waals surface area contributed by atoms with Crippen LogP contribution >= 0.6 is 0 Å². The van der Waals surface area contributed by atoms with Gasteiger partial charge in [-0.25, -0.2) is 9.78 Å². The van der Waals surface area contributed by atoms with Gasteiger partial charge in [0.1, 0.15) is 5.84 Å². The molecule has 0 spiro atoms. The average molecular weight is 502 g/mol. The Labute approximate surface area is 220 Å². The third-order valence-electron chi connectivity index (χ3n) is 6.39. The first-order valence-electron chi connectivity index (χ1n) is 12.7. The predicted octanol–water partition coefficient (Wildman–Crippen LogP) is 6.17. The van der Waals surface area contributed by atoms with E-state index in [-0.39, 0.29) is 11.4 Å². The van der Waals surface area contributed by atoms with Gasteiger partial charge in [0, 0.05) is 25.1 Å². The van der Waals surface area contributed by atoms with Crippen molar-refractivity contribution in [3.63, 3.8) is 0 Å². The number of urea groups is 1. The first-order chi connectivity index (χ1) is 17.6. The van der Waals surface area contributed by atoms with Gasteiger partial charge in [-0.05, 0) is 54.0 Å². The number of anilines is 1. The fraction of sp³-hybridized carbons (Fsp3) is 0.367. The minimum absolute atomic E-state index is 0.0974. The second-order valence-corrected chi connectivity index (χ2v) is 10.1. The van der Waals surface area contributed by atoms with Crippen LogP contribution in [0.4, 0.5) is 10.6 Å². The number of amidine groups is 1. The summed E-state index contributed by atoms with van der Waals surface area (Å²) in [5.74, 6) is 1.26. The van der Waals surface area contributed by atoms with Crippen LogP contribution in [0.15, 0.2) is 60.7 Å². The molecule has 0 saturated heterocycles. The molecule has 37 heavy (non-hydrogen) atoms. The standard InChI is InChI=1S/C30H39N5O2/c1-6-35(29(36)33-20-22-12-16-24(17-13-22)30(2,3)4)27(31)9-7-8-21-10-14-23(15-11-21)25-18-19-26(37-5)28(32)34-25/h10-19,31H,6-9,20H2,1-5H3,(H2,32,34)(H,33,36). The predicted molar refractivity (Wildman–Crippen MR) is 151 cm³/mol. The molecule has 4 N–H and O–H groups in total. The average Bonchev–Trinajstić information content (AvgIpc) is 2.88. The van der Waals surface area contributed by atoms with Crippen molar-refractivity contribution in [3.8, 4) is 17.0 Å². The maximum Gasteiger partial charge on any atom is 0.323 e. The van der Waals surface area contributed by atoms with Crippen molar-refractivity contribution in [2.24, 2.45) is 0 Å². The third kappa shape index (κ3) is 7.56. The Morgan fingerprint density at radius 2 is 1.68 bits per heavy atom. The number of carbonyl (C=O) groups is 1. The van der Waals surface area contributed by atoms with E-state index in [2.05, 4.69) is 55.3 Å². The summed E-state index contributed by atoms with van der Waals surface area (Å²) in [6.07, 6.45) is 2.13. The van der Waals surface area contributed by atoms with Crippen LogP contribution < -0.4 is 15.8 Å². The number of hydrogen-bond donors (Lipinski definition) is 3. The fourth-order valence-electron chi connectivity index (χ4n) is 4.09. The number of ether oxygens (including phenoxy) is 1. The Morgan fingerprint density at radius 1 is 1.03 bits per heavy atom. The van der Waals surface area contributed by atoms with Crippen LogP contribution in [-0.2, 0) is 18.4 Å². The zero-order chi connectivity index (χ0) is 27.0. The molecule has 0 radical (unpaired) electrons. The molecule has 1 aromatic heterocycles. The van der Waals surface area contributed by atoms with Crippen LogP contribution in [0.25, 0.3) is 11.3 Å². The molecule has 0 aliphatic carbocycles. The molecule has 7 heteroatoms. The normalized spacial score (nSPS) is 11.2. The van der Waals surface area contributed by atoms with Crippen molar-refractivity contribution in [1.29, 1.82) is 5.41 Å². The molecular formula is C30H39N5O2. The zero-order valence-corrected chi connectivity index (χ0v) is 22.6. The number of aromatic nitrogens is 1. The number of rotatable bonds is 9. The van der Waals surface area contributed by atoms with E-state index in [1.165, 1.54) is 16.0 Å². The topological polar surface area (TPSA) is 104 Å². The molecule has 0 bridgehead atoms. The first kappa shape index (κ1) is 27.7. The lowest BCUT2D eigenvalue weighted by atomic mass is 9.87. The lowest BCUT2D eigenvalue weighted by Gasteiger charge is -2.22. The van der Waals surface area contributed by atoms with E-state index >= 15 is 0 Å². The molecule has 1 heterocycles. The van der Waals surface area contributed by atoms with E-state index in [0.717, 1.165) is 29.7 Å². The highest BCUT2D eigenvalue weighted by atomic mass is 16.5. The molecule has 0 atom stereocenters. The van der Waals surface area contributed by atoms with Gasteiger partial charge in [-0.15, -0.1) is 0 Å². The molecule has 2 amide bonds. The molecule has 0 saturated carbocycles. The molecule has 2 aromatic carbocycles. The van der Waals surface area contributed by atoms with Gasteiger partial charge < -0.3 is 15.8 Å². The quantitative estimate of drug-likeness (QED) is 0.241. The molecular weight excluding hydrogens is 462 g/mol. The van der Waals surface area contributed by atoms with Crippen molar-refractivity contribution in [1.82, 2.24) is 15.2 Å². The van der Waals surface area contributed by atoms with Gasteiger partial charge in [0.15, 0.2) is 11.6 Å². The Balaban J connectivity index is 1.48. The number of carbonyl (C=O) groups excluding carboxylic acids is 1. The minimum Gasteiger partial charge on any atom is -0.493 e. The van der Waals surface area contributed by atoms with Crippen molar-refractivity contribution < 1.29 is 9.53 Å². The van der Waals surface area contributed by atoms with E-state index in [9.17, 15) is 4.79 Å². The van der Waals surface area contributed by atoms with E-state index in [1.807, 2.05) is 43.3 Å². The Morgan fingerprint density at radius 3 is 2.24 bits per heavy atom. The number of nitrogens with zero attached hydrogens (tertiary/aromatic N) is 2. The molecule has 3 rings (SSSR count). The van der Waals surface area contributed by atoms with E-state index < -0.39 is 0 Å². The monoisotopic (exact) mass is 501 g/mol.